The highest BCUT2D eigenvalue weighted by molar-refractivity contribution is 6.30. The second kappa shape index (κ2) is 12.3. The molecule has 204 valence electrons. The van der Waals surface area contributed by atoms with Crippen LogP contribution in [-0.4, -0.2) is 47.2 Å². The highest BCUT2D eigenvalue weighted by atomic mass is 35.5. The minimum Gasteiger partial charge on any atom is -0.465 e. The van der Waals surface area contributed by atoms with E-state index in [-0.39, 0.29) is 5.97 Å². The van der Waals surface area contributed by atoms with E-state index in [2.05, 4.69) is 22.9 Å². The molecule has 0 amide bonds. The maximum atomic E-state index is 12.9. The fourth-order valence-electron chi connectivity index (χ4n) is 5.28. The van der Waals surface area contributed by atoms with Gasteiger partial charge in [-0.05, 0) is 73.2 Å². The van der Waals surface area contributed by atoms with Gasteiger partial charge in [0.05, 0.1) is 12.2 Å². The molecule has 39 heavy (non-hydrogen) atoms. The normalized spacial score (nSPS) is 21.2. The molecule has 0 radical (unpaired) electrons. The van der Waals surface area contributed by atoms with Gasteiger partial charge in [-0.2, -0.15) is 0 Å². The van der Waals surface area contributed by atoms with Gasteiger partial charge in [-0.15, -0.1) is 0 Å². The van der Waals surface area contributed by atoms with E-state index < -0.39 is 11.5 Å². The van der Waals surface area contributed by atoms with E-state index in [0.717, 1.165) is 61.2 Å². The van der Waals surface area contributed by atoms with E-state index in [9.17, 15) is 9.90 Å². The Morgan fingerprint density at radius 1 is 1.26 bits per heavy atom. The summed E-state index contributed by atoms with van der Waals surface area (Å²) in [5.74, 6) is 0.364. The number of likely N-dealkylation sites (tertiary alicyclic amines) is 1. The topological polar surface area (TPSA) is 71.9 Å². The summed E-state index contributed by atoms with van der Waals surface area (Å²) in [5.41, 5.74) is 2.78. The molecule has 1 aliphatic carbocycles. The van der Waals surface area contributed by atoms with E-state index >= 15 is 0 Å². The van der Waals surface area contributed by atoms with E-state index in [0.29, 0.717) is 36.1 Å². The maximum Gasteiger partial charge on any atom is 0.317 e. The second-order valence-corrected chi connectivity index (χ2v) is 10.7. The first-order chi connectivity index (χ1) is 19.0. The monoisotopic (exact) mass is 546 g/mol. The summed E-state index contributed by atoms with van der Waals surface area (Å²) in [5, 5.41) is 11.9. The van der Waals surface area contributed by atoms with E-state index in [4.69, 9.17) is 21.1 Å². The lowest BCUT2D eigenvalue weighted by Gasteiger charge is -2.38. The molecule has 1 saturated heterocycles. The van der Waals surface area contributed by atoms with Crippen LogP contribution in [0, 0.1) is 5.92 Å². The number of hydrogen-bond acceptors (Lipinski definition) is 6. The third-order valence-electron chi connectivity index (χ3n) is 7.64. The Morgan fingerprint density at radius 2 is 2.05 bits per heavy atom. The quantitative estimate of drug-likeness (QED) is 0.313. The molecule has 1 N–H and O–H groups in total. The predicted molar refractivity (Wildman–Crippen MR) is 153 cm³/mol. The number of esters is 1. The molecule has 1 aromatic carbocycles. The van der Waals surface area contributed by atoms with Crippen molar-refractivity contribution in [1.82, 2.24) is 9.88 Å². The van der Waals surface area contributed by atoms with Gasteiger partial charge in [0.25, 0.3) is 0 Å². The highest BCUT2D eigenvalue weighted by Crippen LogP contribution is 2.38. The van der Waals surface area contributed by atoms with Gasteiger partial charge in [0, 0.05) is 42.0 Å². The average Bonchev–Trinajstić information content (AvgIpc) is 3.11. The molecule has 1 aromatic heterocycles. The third kappa shape index (κ3) is 6.35. The van der Waals surface area contributed by atoms with Gasteiger partial charge in [-0.25, -0.2) is 4.98 Å². The molecule has 7 heteroatoms. The van der Waals surface area contributed by atoms with Crippen LogP contribution >= 0.6 is 11.6 Å². The number of ether oxygens (including phenoxy) is 2. The van der Waals surface area contributed by atoms with Crippen molar-refractivity contribution in [1.29, 1.82) is 0 Å². The van der Waals surface area contributed by atoms with Crippen molar-refractivity contribution >= 4 is 23.1 Å². The van der Waals surface area contributed by atoms with Crippen LogP contribution in [0.15, 0.2) is 84.3 Å². The summed E-state index contributed by atoms with van der Waals surface area (Å²) in [6.07, 6.45) is 15.5. The van der Waals surface area contributed by atoms with E-state index in [1.165, 1.54) is 0 Å². The van der Waals surface area contributed by atoms with Crippen LogP contribution in [0.3, 0.4) is 0 Å². The molecule has 3 aliphatic rings. The Bertz CT molecular complexity index is 1300. The average molecular weight is 547 g/mol. The first-order valence-electron chi connectivity index (χ1n) is 13.8. The minimum atomic E-state index is -0.814. The number of unbranched alkanes of at least 4 members (excludes halogenated alkanes) is 1. The lowest BCUT2D eigenvalue weighted by atomic mass is 9.84. The number of nitrogens with zero attached hydrogens (tertiary/aromatic N) is 2. The number of carbonyl (C=O) groups is 1. The summed E-state index contributed by atoms with van der Waals surface area (Å²) in [6, 6.07) is 11.4. The number of aromatic nitrogens is 1. The van der Waals surface area contributed by atoms with Gasteiger partial charge in [-0.1, -0.05) is 55.3 Å². The molecule has 3 heterocycles. The number of pyridine rings is 1. The fourth-order valence-corrected chi connectivity index (χ4v) is 5.41. The van der Waals surface area contributed by atoms with Gasteiger partial charge >= 0.3 is 5.97 Å². The summed E-state index contributed by atoms with van der Waals surface area (Å²) in [4.78, 5) is 19.8. The number of carbonyl (C=O) groups excluding carboxylic acids is 1. The SMILES string of the molecule is CCCCOC(=O)C1C=CC=C2Oc3ncccc3C(=CCCN3CCC(O)(c4ccc(Cl)cc4)CC3)C=C21. The van der Waals surface area contributed by atoms with Crippen LogP contribution in [0.4, 0.5) is 0 Å². The molecular formula is C32H35ClN2O4. The van der Waals surface area contributed by atoms with Crippen LogP contribution in [0.1, 0.15) is 50.2 Å². The van der Waals surface area contributed by atoms with Crippen molar-refractivity contribution in [2.75, 3.05) is 26.2 Å². The minimum absolute atomic E-state index is 0.264. The van der Waals surface area contributed by atoms with Gasteiger partial charge in [0.15, 0.2) is 0 Å². The molecule has 6 nitrogen and oxygen atoms in total. The summed E-state index contributed by atoms with van der Waals surface area (Å²) in [6.45, 7) is 4.98. The Hall–Kier alpha value is -3.19. The van der Waals surface area contributed by atoms with E-state index in [1.807, 2.05) is 60.7 Å². The largest absolute Gasteiger partial charge is 0.465 e. The Labute approximate surface area is 235 Å². The molecular weight excluding hydrogens is 512 g/mol. The first kappa shape index (κ1) is 27.4. The zero-order valence-electron chi connectivity index (χ0n) is 22.3. The molecule has 0 spiro atoms. The fraction of sp³-hybridized carbons (Fsp3) is 0.375. The Kier molecular flexibility index (Phi) is 8.66. The van der Waals surface area contributed by atoms with Gasteiger partial charge in [-0.3, -0.25) is 4.79 Å². The van der Waals surface area contributed by atoms with Crippen LogP contribution in [0.5, 0.6) is 5.88 Å². The number of benzene rings is 1. The number of hydrogen-bond donors (Lipinski definition) is 1. The molecule has 2 aliphatic heterocycles. The number of allylic oxidation sites excluding steroid dienone is 5. The number of piperidine rings is 1. The van der Waals surface area contributed by atoms with Crippen molar-refractivity contribution in [2.45, 2.75) is 44.6 Å². The maximum absolute atomic E-state index is 12.9. The van der Waals surface area contributed by atoms with Crippen molar-refractivity contribution in [3.63, 3.8) is 0 Å². The molecule has 5 rings (SSSR count). The lowest BCUT2D eigenvalue weighted by molar-refractivity contribution is -0.145. The number of fused-ring (bicyclic) bond motifs is 2. The lowest BCUT2D eigenvalue weighted by Crippen LogP contribution is -2.42. The molecule has 2 aromatic rings. The molecule has 0 bridgehead atoms. The van der Waals surface area contributed by atoms with Crippen molar-refractivity contribution in [3.8, 4) is 5.88 Å². The van der Waals surface area contributed by atoms with Gasteiger partial charge < -0.3 is 19.5 Å². The Balaban J connectivity index is 1.30. The molecule has 0 saturated carbocycles. The highest BCUT2D eigenvalue weighted by Gasteiger charge is 2.34. The van der Waals surface area contributed by atoms with Crippen molar-refractivity contribution in [2.24, 2.45) is 5.92 Å². The van der Waals surface area contributed by atoms with Crippen molar-refractivity contribution < 1.29 is 19.4 Å². The second-order valence-electron chi connectivity index (χ2n) is 10.3. The van der Waals surface area contributed by atoms with Gasteiger partial charge in [0.2, 0.25) is 5.88 Å². The first-order valence-corrected chi connectivity index (χ1v) is 14.2. The molecule has 1 atom stereocenters. The molecule has 1 fully saturated rings. The zero-order valence-corrected chi connectivity index (χ0v) is 23.1. The predicted octanol–water partition coefficient (Wildman–Crippen LogP) is 6.22. The number of rotatable bonds is 8. The zero-order chi connectivity index (χ0) is 27.2. The van der Waals surface area contributed by atoms with Gasteiger partial charge in [0.1, 0.15) is 11.7 Å². The van der Waals surface area contributed by atoms with Crippen molar-refractivity contribution in [3.05, 3.63) is 100 Å². The summed E-state index contributed by atoms with van der Waals surface area (Å²) >= 11 is 6.03. The smallest absolute Gasteiger partial charge is 0.317 e. The van der Waals surface area contributed by atoms with Crippen LogP contribution in [0.25, 0.3) is 5.57 Å². The number of aliphatic hydroxyl groups is 1. The van der Waals surface area contributed by atoms with Crippen LogP contribution < -0.4 is 4.74 Å². The standard InChI is InChI=1S/C32H35ClN2O4/c1-2-3-21-38-31(36)27-8-4-10-29-28(27)22-23(26-9-5-17-34-30(26)39-29)7-6-18-35-19-15-32(37,16-20-35)24-11-13-25(33)14-12-24/h4-5,7-14,17,22,27,37H,2-3,6,15-16,18-21H2,1H3. The van der Waals surface area contributed by atoms with Crippen LogP contribution in [-0.2, 0) is 15.1 Å². The third-order valence-corrected chi connectivity index (χ3v) is 7.89. The summed E-state index contributed by atoms with van der Waals surface area (Å²) < 4.78 is 11.8. The number of halogens is 1. The summed E-state index contributed by atoms with van der Waals surface area (Å²) in [7, 11) is 0. The van der Waals surface area contributed by atoms with E-state index in [1.54, 1.807) is 6.20 Å². The van der Waals surface area contributed by atoms with Crippen LogP contribution in [0.2, 0.25) is 5.02 Å². The Morgan fingerprint density at radius 3 is 2.82 bits per heavy atom. The molecule has 1 unspecified atom stereocenters.